The molecule has 21 heavy (non-hydrogen) atoms. The Hall–Kier alpha value is -0.160. The Balaban J connectivity index is 2.27. The number of hydrogen-bond acceptors (Lipinski definition) is 1. The van der Waals surface area contributed by atoms with E-state index in [0.717, 1.165) is 28.3 Å². The Morgan fingerprint density at radius 3 is 2.43 bits per heavy atom. The van der Waals surface area contributed by atoms with Crippen molar-refractivity contribution in [1.29, 1.82) is 0 Å². The normalized spacial score (nSPS) is 12.4. The summed E-state index contributed by atoms with van der Waals surface area (Å²) in [5.41, 5.74) is 2.61. The quantitative estimate of drug-likeness (QED) is 0.520. The first-order valence-electron chi connectivity index (χ1n) is 7.03. The maximum Gasteiger partial charge on any atom is 0.0372 e. The molecule has 0 aromatic heterocycles. The molecule has 0 aliphatic heterocycles. The second kappa shape index (κ2) is 8.47. The van der Waals surface area contributed by atoms with Crippen LogP contribution in [0.3, 0.4) is 0 Å². The third kappa shape index (κ3) is 4.92. The zero-order valence-corrected chi connectivity index (χ0v) is 16.6. The van der Waals surface area contributed by atoms with Crippen LogP contribution in [0.2, 0.25) is 0 Å². The van der Waals surface area contributed by atoms with Crippen LogP contribution in [-0.2, 0) is 6.42 Å². The molecule has 1 nitrogen and oxygen atoms in total. The number of benzene rings is 2. The number of hydrogen-bond donors (Lipinski definition) is 1. The summed E-state index contributed by atoms with van der Waals surface area (Å²) in [7, 11) is 0. The van der Waals surface area contributed by atoms with Gasteiger partial charge in [-0.25, -0.2) is 0 Å². The van der Waals surface area contributed by atoms with Crippen molar-refractivity contribution in [1.82, 2.24) is 5.32 Å². The fraction of sp³-hybridized carbons (Fsp3) is 0.294. The van der Waals surface area contributed by atoms with E-state index < -0.39 is 0 Å². The molecule has 0 fully saturated rings. The van der Waals surface area contributed by atoms with Gasteiger partial charge in [-0.1, -0.05) is 79.0 Å². The highest BCUT2D eigenvalue weighted by molar-refractivity contribution is 9.11. The topological polar surface area (TPSA) is 12.0 Å². The SMILES string of the molecule is CCCNC(Cc1ccccc1Br)c1ccc(Br)cc1Br. The summed E-state index contributed by atoms with van der Waals surface area (Å²) in [6, 6.07) is 15.1. The molecule has 112 valence electrons. The van der Waals surface area contributed by atoms with Gasteiger partial charge in [0.05, 0.1) is 0 Å². The lowest BCUT2D eigenvalue weighted by Gasteiger charge is -2.21. The Labute approximate surface area is 151 Å². The molecule has 1 N–H and O–H groups in total. The van der Waals surface area contributed by atoms with E-state index in [4.69, 9.17) is 0 Å². The van der Waals surface area contributed by atoms with Crippen molar-refractivity contribution in [3.05, 3.63) is 67.0 Å². The van der Waals surface area contributed by atoms with Gasteiger partial charge in [-0.05, 0) is 48.7 Å². The monoisotopic (exact) mass is 473 g/mol. The van der Waals surface area contributed by atoms with E-state index >= 15 is 0 Å². The predicted octanol–water partition coefficient (Wildman–Crippen LogP) is 6.26. The van der Waals surface area contributed by atoms with E-state index in [0.29, 0.717) is 6.04 Å². The molecule has 2 aromatic rings. The third-order valence-electron chi connectivity index (χ3n) is 3.36. The van der Waals surface area contributed by atoms with Crippen LogP contribution in [0, 0.1) is 0 Å². The maximum absolute atomic E-state index is 3.69. The van der Waals surface area contributed by atoms with Gasteiger partial charge in [-0.2, -0.15) is 0 Å². The average Bonchev–Trinajstić information content (AvgIpc) is 2.46. The minimum absolute atomic E-state index is 0.297. The predicted molar refractivity (Wildman–Crippen MR) is 101 cm³/mol. The van der Waals surface area contributed by atoms with Crippen molar-refractivity contribution in [2.75, 3.05) is 6.54 Å². The van der Waals surface area contributed by atoms with Gasteiger partial charge in [0, 0.05) is 19.5 Å². The summed E-state index contributed by atoms with van der Waals surface area (Å²) in [5, 5.41) is 3.66. The van der Waals surface area contributed by atoms with E-state index in [9.17, 15) is 0 Å². The highest BCUT2D eigenvalue weighted by Crippen LogP contribution is 2.30. The first kappa shape index (κ1) is 17.2. The van der Waals surface area contributed by atoms with Crippen LogP contribution >= 0.6 is 47.8 Å². The lowest BCUT2D eigenvalue weighted by Crippen LogP contribution is -2.24. The van der Waals surface area contributed by atoms with Gasteiger partial charge in [0.25, 0.3) is 0 Å². The largest absolute Gasteiger partial charge is 0.310 e. The van der Waals surface area contributed by atoms with Crippen molar-refractivity contribution in [3.8, 4) is 0 Å². The smallest absolute Gasteiger partial charge is 0.0372 e. The Bertz CT molecular complexity index is 598. The van der Waals surface area contributed by atoms with Gasteiger partial charge in [-0.15, -0.1) is 0 Å². The molecule has 0 saturated heterocycles. The van der Waals surface area contributed by atoms with Crippen LogP contribution in [0.25, 0.3) is 0 Å². The van der Waals surface area contributed by atoms with Crippen LogP contribution in [0.15, 0.2) is 55.9 Å². The summed E-state index contributed by atoms with van der Waals surface area (Å²) in [4.78, 5) is 0. The van der Waals surface area contributed by atoms with E-state index in [1.165, 1.54) is 15.6 Å². The van der Waals surface area contributed by atoms with Crippen molar-refractivity contribution >= 4 is 47.8 Å². The van der Waals surface area contributed by atoms with Crippen molar-refractivity contribution in [2.45, 2.75) is 25.8 Å². The zero-order chi connectivity index (χ0) is 15.2. The van der Waals surface area contributed by atoms with E-state index in [1.54, 1.807) is 0 Å². The molecule has 4 heteroatoms. The van der Waals surface area contributed by atoms with Crippen LogP contribution in [0.5, 0.6) is 0 Å². The van der Waals surface area contributed by atoms with Crippen LogP contribution in [-0.4, -0.2) is 6.54 Å². The second-order valence-corrected chi connectivity index (χ2v) is 7.59. The fourth-order valence-corrected chi connectivity index (χ4v) is 4.05. The lowest BCUT2D eigenvalue weighted by molar-refractivity contribution is 0.527. The Morgan fingerprint density at radius 2 is 1.76 bits per heavy atom. The minimum atomic E-state index is 0.297. The van der Waals surface area contributed by atoms with Gasteiger partial charge in [0.15, 0.2) is 0 Å². The standard InChI is InChI=1S/C17H18Br3N/c1-2-9-21-17(10-12-5-3-4-6-15(12)19)14-8-7-13(18)11-16(14)20/h3-8,11,17,21H,2,9-10H2,1H3. The second-order valence-electron chi connectivity index (χ2n) is 4.97. The van der Waals surface area contributed by atoms with E-state index in [-0.39, 0.29) is 0 Å². The summed E-state index contributed by atoms with van der Waals surface area (Å²) < 4.78 is 3.40. The van der Waals surface area contributed by atoms with E-state index in [1.807, 2.05) is 0 Å². The minimum Gasteiger partial charge on any atom is -0.310 e. The molecule has 0 aliphatic rings. The molecule has 0 heterocycles. The molecular weight excluding hydrogens is 458 g/mol. The molecule has 2 rings (SSSR count). The molecule has 0 radical (unpaired) electrons. The van der Waals surface area contributed by atoms with Gasteiger partial charge in [-0.3, -0.25) is 0 Å². The van der Waals surface area contributed by atoms with Gasteiger partial charge in [0.1, 0.15) is 0 Å². The molecule has 1 unspecified atom stereocenters. The van der Waals surface area contributed by atoms with Crippen molar-refractivity contribution in [2.24, 2.45) is 0 Å². The number of rotatable bonds is 6. The summed E-state index contributed by atoms with van der Waals surface area (Å²) in [6.07, 6.45) is 2.09. The molecule has 2 aromatic carbocycles. The number of halogens is 3. The zero-order valence-electron chi connectivity index (χ0n) is 11.9. The van der Waals surface area contributed by atoms with Gasteiger partial charge < -0.3 is 5.32 Å². The van der Waals surface area contributed by atoms with Crippen molar-refractivity contribution < 1.29 is 0 Å². The van der Waals surface area contributed by atoms with Crippen LogP contribution in [0.4, 0.5) is 0 Å². The van der Waals surface area contributed by atoms with E-state index in [2.05, 4.69) is 102 Å². The highest BCUT2D eigenvalue weighted by atomic mass is 79.9. The van der Waals surface area contributed by atoms with Crippen LogP contribution in [0.1, 0.15) is 30.5 Å². The maximum atomic E-state index is 3.69. The highest BCUT2D eigenvalue weighted by Gasteiger charge is 2.16. The Kier molecular flexibility index (Phi) is 6.93. The Morgan fingerprint density at radius 1 is 1.00 bits per heavy atom. The average molecular weight is 476 g/mol. The molecule has 0 aliphatic carbocycles. The summed E-state index contributed by atoms with van der Waals surface area (Å²) >= 11 is 10.9. The lowest BCUT2D eigenvalue weighted by atomic mass is 9.98. The summed E-state index contributed by atoms with van der Waals surface area (Å²) in [6.45, 7) is 3.21. The fourth-order valence-electron chi connectivity index (χ4n) is 2.28. The third-order valence-corrected chi connectivity index (χ3v) is 5.31. The van der Waals surface area contributed by atoms with Gasteiger partial charge >= 0.3 is 0 Å². The molecule has 0 saturated carbocycles. The van der Waals surface area contributed by atoms with Gasteiger partial charge in [0.2, 0.25) is 0 Å². The molecule has 0 amide bonds. The van der Waals surface area contributed by atoms with Crippen LogP contribution < -0.4 is 5.32 Å². The molecule has 0 spiro atoms. The first-order valence-corrected chi connectivity index (χ1v) is 9.41. The summed E-state index contributed by atoms with van der Waals surface area (Å²) in [5.74, 6) is 0. The number of nitrogens with one attached hydrogen (secondary N) is 1. The molecular formula is C17H18Br3N. The molecule has 1 atom stereocenters. The first-order chi connectivity index (χ1) is 10.1. The molecule has 0 bridgehead atoms. The van der Waals surface area contributed by atoms with Crippen molar-refractivity contribution in [3.63, 3.8) is 0 Å².